The van der Waals surface area contributed by atoms with Crippen LogP contribution in [0.5, 0.6) is 0 Å². The largest absolute Gasteiger partial charge is 0.388 e. The minimum Gasteiger partial charge on any atom is -0.388 e. The number of guanidine groups is 1. The van der Waals surface area contributed by atoms with Crippen LogP contribution in [0.3, 0.4) is 0 Å². The quantitative estimate of drug-likeness (QED) is 0.478. The molecule has 1 aromatic rings. The first-order valence-electron chi connectivity index (χ1n) is 10.7. The van der Waals surface area contributed by atoms with Crippen LogP contribution >= 0.6 is 11.3 Å². The summed E-state index contributed by atoms with van der Waals surface area (Å²) in [5.41, 5.74) is -0.632. The van der Waals surface area contributed by atoms with Crippen molar-refractivity contribution in [1.82, 2.24) is 15.5 Å². The Morgan fingerprint density at radius 3 is 2.89 bits per heavy atom. The molecule has 6 nitrogen and oxygen atoms in total. The molecule has 1 aliphatic heterocycles. The van der Waals surface area contributed by atoms with Gasteiger partial charge in [0.05, 0.1) is 30.9 Å². The van der Waals surface area contributed by atoms with Crippen LogP contribution in [0.25, 0.3) is 0 Å². The Hall–Kier alpha value is -1.15. The fraction of sp³-hybridized carbons (Fsp3) is 0.762. The maximum Gasteiger partial charge on any atom is 0.191 e. The summed E-state index contributed by atoms with van der Waals surface area (Å²) in [6, 6.07) is 4.63. The molecule has 2 aliphatic rings. The summed E-state index contributed by atoms with van der Waals surface area (Å²) in [6.07, 6.45) is 5.42. The lowest BCUT2D eigenvalue weighted by Crippen LogP contribution is -2.48. The standard InChI is InChI=1S/C21H36N4O2S/c1-3-22-20(24-16-21(26)9-5-4-6-10-21)23-14-18(19-8-7-13-28-19)25-11-12-27-17(2)15-25/h7-8,13,17-18,26H,3-6,9-12,14-16H2,1-2H3,(H2,22,23,24). The van der Waals surface area contributed by atoms with Gasteiger partial charge >= 0.3 is 0 Å². The zero-order valence-electron chi connectivity index (χ0n) is 17.3. The van der Waals surface area contributed by atoms with Gasteiger partial charge in [-0.2, -0.15) is 0 Å². The molecule has 7 heteroatoms. The first-order valence-corrected chi connectivity index (χ1v) is 11.6. The molecule has 2 fully saturated rings. The Labute approximate surface area is 173 Å². The van der Waals surface area contributed by atoms with Gasteiger partial charge in [-0.25, -0.2) is 0 Å². The average Bonchev–Trinajstić information content (AvgIpc) is 3.21. The number of morpholine rings is 1. The third-order valence-electron chi connectivity index (χ3n) is 5.71. The highest BCUT2D eigenvalue weighted by molar-refractivity contribution is 7.10. The predicted molar refractivity (Wildman–Crippen MR) is 116 cm³/mol. The van der Waals surface area contributed by atoms with Crippen molar-refractivity contribution < 1.29 is 9.84 Å². The first-order chi connectivity index (χ1) is 13.6. The van der Waals surface area contributed by atoms with E-state index in [1.54, 1.807) is 11.3 Å². The number of nitrogens with one attached hydrogen (secondary N) is 2. The van der Waals surface area contributed by atoms with Crippen LogP contribution < -0.4 is 10.6 Å². The minimum absolute atomic E-state index is 0.263. The molecule has 1 aliphatic carbocycles. The molecule has 2 atom stereocenters. The number of hydrogen-bond donors (Lipinski definition) is 3. The van der Waals surface area contributed by atoms with Crippen LogP contribution in [0.4, 0.5) is 0 Å². The van der Waals surface area contributed by atoms with Crippen LogP contribution in [0.1, 0.15) is 56.9 Å². The van der Waals surface area contributed by atoms with Crippen LogP contribution in [0.15, 0.2) is 22.5 Å². The lowest BCUT2D eigenvalue weighted by atomic mass is 9.85. The summed E-state index contributed by atoms with van der Waals surface area (Å²) < 4.78 is 5.73. The number of hydrogen-bond acceptors (Lipinski definition) is 5. The Kier molecular flexibility index (Phi) is 8.14. The molecule has 158 valence electrons. The number of nitrogens with zero attached hydrogens (tertiary/aromatic N) is 2. The van der Waals surface area contributed by atoms with Crippen molar-refractivity contribution in [3.8, 4) is 0 Å². The van der Waals surface area contributed by atoms with Crippen molar-refractivity contribution in [3.05, 3.63) is 22.4 Å². The molecule has 1 aromatic heterocycles. The van der Waals surface area contributed by atoms with E-state index in [4.69, 9.17) is 9.73 Å². The second kappa shape index (κ2) is 10.6. The number of thiophene rings is 1. The van der Waals surface area contributed by atoms with Crippen molar-refractivity contribution in [2.75, 3.05) is 39.3 Å². The summed E-state index contributed by atoms with van der Waals surface area (Å²) in [5.74, 6) is 0.796. The lowest BCUT2D eigenvalue weighted by Gasteiger charge is -2.37. The first kappa shape index (κ1) is 21.6. The maximum absolute atomic E-state index is 10.8. The molecule has 0 radical (unpaired) electrons. The fourth-order valence-corrected chi connectivity index (χ4v) is 5.01. The van der Waals surface area contributed by atoms with Crippen LogP contribution in [-0.4, -0.2) is 67.0 Å². The summed E-state index contributed by atoms with van der Waals surface area (Å²) in [7, 11) is 0. The summed E-state index contributed by atoms with van der Waals surface area (Å²) in [6.45, 7) is 8.96. The minimum atomic E-state index is -0.632. The van der Waals surface area contributed by atoms with E-state index in [0.29, 0.717) is 12.6 Å². The van der Waals surface area contributed by atoms with E-state index in [1.165, 1.54) is 11.3 Å². The van der Waals surface area contributed by atoms with E-state index in [1.807, 2.05) is 0 Å². The van der Waals surface area contributed by atoms with Crippen molar-refractivity contribution in [2.24, 2.45) is 4.99 Å². The number of aliphatic imine (C=N–C) groups is 1. The summed E-state index contributed by atoms with van der Waals surface area (Å²) in [5, 5.41) is 19.8. The second-order valence-corrected chi connectivity index (χ2v) is 9.05. The van der Waals surface area contributed by atoms with Gasteiger partial charge in [-0.15, -0.1) is 11.3 Å². The number of ether oxygens (including phenoxy) is 1. The number of rotatable bonds is 7. The van der Waals surface area contributed by atoms with E-state index >= 15 is 0 Å². The van der Waals surface area contributed by atoms with Gasteiger partial charge in [-0.05, 0) is 38.1 Å². The van der Waals surface area contributed by atoms with Gasteiger partial charge in [0.15, 0.2) is 5.96 Å². The molecule has 3 N–H and O–H groups in total. The zero-order valence-corrected chi connectivity index (χ0v) is 18.1. The molecule has 3 rings (SSSR count). The molecular formula is C21H36N4O2S. The fourth-order valence-electron chi connectivity index (χ4n) is 4.15. The van der Waals surface area contributed by atoms with E-state index in [-0.39, 0.29) is 6.10 Å². The molecular weight excluding hydrogens is 372 g/mol. The van der Waals surface area contributed by atoms with Gasteiger partial charge < -0.3 is 20.5 Å². The van der Waals surface area contributed by atoms with Crippen molar-refractivity contribution in [1.29, 1.82) is 0 Å². The van der Waals surface area contributed by atoms with Crippen molar-refractivity contribution in [3.63, 3.8) is 0 Å². The van der Waals surface area contributed by atoms with E-state index in [2.05, 4.69) is 46.9 Å². The Morgan fingerprint density at radius 2 is 2.21 bits per heavy atom. The predicted octanol–water partition coefficient (Wildman–Crippen LogP) is 2.76. The topological polar surface area (TPSA) is 69.1 Å². The van der Waals surface area contributed by atoms with E-state index in [9.17, 15) is 5.11 Å². The number of aliphatic hydroxyl groups is 1. The molecule has 2 heterocycles. The van der Waals surface area contributed by atoms with E-state index < -0.39 is 5.60 Å². The summed E-state index contributed by atoms with van der Waals surface area (Å²) >= 11 is 1.80. The normalized spacial score (nSPS) is 24.7. The Morgan fingerprint density at radius 1 is 1.39 bits per heavy atom. The van der Waals surface area contributed by atoms with Crippen LogP contribution in [-0.2, 0) is 4.74 Å². The molecule has 0 amide bonds. The van der Waals surface area contributed by atoms with Crippen LogP contribution in [0, 0.1) is 0 Å². The van der Waals surface area contributed by atoms with Crippen LogP contribution in [0.2, 0.25) is 0 Å². The molecule has 28 heavy (non-hydrogen) atoms. The molecule has 0 aromatic carbocycles. The highest BCUT2D eigenvalue weighted by Crippen LogP contribution is 2.28. The Bertz CT molecular complexity index is 602. The van der Waals surface area contributed by atoms with Gasteiger partial charge in [0.2, 0.25) is 0 Å². The Balaban J connectivity index is 1.64. The van der Waals surface area contributed by atoms with Crippen molar-refractivity contribution in [2.45, 2.75) is 63.7 Å². The van der Waals surface area contributed by atoms with Crippen molar-refractivity contribution >= 4 is 17.3 Å². The average molecular weight is 409 g/mol. The molecule has 0 bridgehead atoms. The summed E-state index contributed by atoms with van der Waals surface area (Å²) in [4.78, 5) is 8.60. The third kappa shape index (κ3) is 6.17. The highest BCUT2D eigenvalue weighted by atomic mass is 32.1. The third-order valence-corrected chi connectivity index (χ3v) is 6.68. The van der Waals surface area contributed by atoms with Gasteiger partial charge in [-0.3, -0.25) is 9.89 Å². The smallest absolute Gasteiger partial charge is 0.191 e. The van der Waals surface area contributed by atoms with E-state index in [0.717, 1.165) is 64.4 Å². The highest BCUT2D eigenvalue weighted by Gasteiger charge is 2.29. The second-order valence-electron chi connectivity index (χ2n) is 8.07. The van der Waals surface area contributed by atoms with Gasteiger partial charge in [0.25, 0.3) is 0 Å². The monoisotopic (exact) mass is 408 g/mol. The van der Waals surface area contributed by atoms with Gasteiger partial charge in [0.1, 0.15) is 0 Å². The maximum atomic E-state index is 10.8. The molecule has 1 saturated heterocycles. The van der Waals surface area contributed by atoms with Gasteiger partial charge in [-0.1, -0.05) is 25.3 Å². The molecule has 2 unspecified atom stereocenters. The molecule has 1 saturated carbocycles. The zero-order chi connectivity index (χ0) is 19.8. The SMILES string of the molecule is CCNC(=NCC1(O)CCCCC1)NCC(c1cccs1)N1CCOC(C)C1. The van der Waals surface area contributed by atoms with Gasteiger partial charge in [0, 0.05) is 31.1 Å². The molecule has 0 spiro atoms. The lowest BCUT2D eigenvalue weighted by molar-refractivity contribution is -0.0334.